The zero-order chi connectivity index (χ0) is 23.5. The van der Waals surface area contributed by atoms with Crippen molar-refractivity contribution in [3.63, 3.8) is 0 Å². The Morgan fingerprint density at radius 1 is 1.06 bits per heavy atom. The highest BCUT2D eigenvalue weighted by molar-refractivity contribution is 6.31. The summed E-state index contributed by atoms with van der Waals surface area (Å²) >= 11 is 0. The van der Waals surface area contributed by atoms with Crippen LogP contribution in [0.5, 0.6) is 0 Å². The number of aliphatic carboxylic acids is 1. The van der Waals surface area contributed by atoms with Gasteiger partial charge in [0.1, 0.15) is 0 Å². The third-order valence-electron chi connectivity index (χ3n) is 5.59. The third-order valence-corrected chi connectivity index (χ3v) is 5.59. The molecule has 1 aliphatic heterocycles. The Morgan fingerprint density at radius 2 is 1.69 bits per heavy atom. The number of benzene rings is 2. The van der Waals surface area contributed by atoms with E-state index in [1.54, 1.807) is 54.6 Å². The minimum Gasteiger partial charge on any atom is -0.480 e. The van der Waals surface area contributed by atoms with Crippen molar-refractivity contribution in [1.82, 2.24) is 5.32 Å². The Bertz CT molecular complexity index is 1050. The number of rotatable bonds is 8. The SMILES string of the molecule is CN(C)c1ccc(C2=C(CC(O)CO)C(=O)C(Cc3ccccc3)(C(=O)O)C(=O)N2)cc1. The van der Waals surface area contributed by atoms with Gasteiger partial charge in [0, 0.05) is 38.2 Å². The van der Waals surface area contributed by atoms with Crippen molar-refractivity contribution < 1.29 is 29.7 Å². The number of aliphatic hydroxyl groups excluding tert-OH is 2. The quantitative estimate of drug-likeness (QED) is 0.457. The molecule has 0 bridgehead atoms. The molecule has 0 aromatic heterocycles. The number of anilines is 1. The Labute approximate surface area is 185 Å². The number of hydrogen-bond acceptors (Lipinski definition) is 6. The van der Waals surface area contributed by atoms with Crippen LogP contribution in [0, 0.1) is 5.41 Å². The predicted molar refractivity (Wildman–Crippen MR) is 119 cm³/mol. The van der Waals surface area contributed by atoms with Crippen molar-refractivity contribution in [3.05, 3.63) is 71.3 Å². The van der Waals surface area contributed by atoms with Crippen LogP contribution in [0.25, 0.3) is 5.70 Å². The first-order valence-corrected chi connectivity index (χ1v) is 10.1. The first kappa shape index (κ1) is 23.2. The van der Waals surface area contributed by atoms with Crippen LogP contribution in [0.2, 0.25) is 0 Å². The van der Waals surface area contributed by atoms with E-state index in [0.29, 0.717) is 11.1 Å². The highest BCUT2D eigenvalue weighted by Gasteiger charge is 2.57. The molecule has 0 spiro atoms. The molecule has 0 radical (unpaired) electrons. The van der Waals surface area contributed by atoms with E-state index in [4.69, 9.17) is 0 Å². The van der Waals surface area contributed by atoms with Crippen molar-refractivity contribution in [2.45, 2.75) is 18.9 Å². The number of carbonyl (C=O) groups excluding carboxylic acids is 2. The topological polar surface area (TPSA) is 127 Å². The van der Waals surface area contributed by atoms with E-state index in [1.165, 1.54) is 0 Å². The van der Waals surface area contributed by atoms with E-state index in [1.807, 2.05) is 19.0 Å². The second kappa shape index (κ2) is 9.33. The molecule has 8 nitrogen and oxygen atoms in total. The number of aliphatic hydroxyl groups is 2. The summed E-state index contributed by atoms with van der Waals surface area (Å²) in [6.45, 7) is -0.615. The minimum atomic E-state index is -2.38. The van der Waals surface area contributed by atoms with Crippen LogP contribution in [0.1, 0.15) is 17.5 Å². The molecule has 0 fully saturated rings. The molecule has 1 aliphatic rings. The molecule has 168 valence electrons. The Hall–Kier alpha value is -3.49. The normalized spacial score (nSPS) is 19.5. The fourth-order valence-electron chi connectivity index (χ4n) is 3.77. The summed E-state index contributed by atoms with van der Waals surface area (Å²) < 4.78 is 0. The van der Waals surface area contributed by atoms with Crippen LogP contribution in [0.3, 0.4) is 0 Å². The number of amides is 1. The summed E-state index contributed by atoms with van der Waals surface area (Å²) in [5.41, 5.74) is -0.372. The summed E-state index contributed by atoms with van der Waals surface area (Å²) in [4.78, 5) is 41.0. The molecule has 32 heavy (non-hydrogen) atoms. The van der Waals surface area contributed by atoms with E-state index in [9.17, 15) is 29.7 Å². The number of nitrogens with one attached hydrogen (secondary N) is 1. The average molecular weight is 438 g/mol. The monoisotopic (exact) mass is 438 g/mol. The molecule has 1 heterocycles. The Kier molecular flexibility index (Phi) is 6.76. The largest absolute Gasteiger partial charge is 0.480 e. The van der Waals surface area contributed by atoms with Crippen LogP contribution in [-0.2, 0) is 20.8 Å². The van der Waals surface area contributed by atoms with Crippen molar-refractivity contribution in [2.24, 2.45) is 5.41 Å². The smallest absolute Gasteiger partial charge is 0.327 e. The van der Waals surface area contributed by atoms with Crippen molar-refractivity contribution in [3.8, 4) is 0 Å². The zero-order valence-electron chi connectivity index (χ0n) is 17.9. The Morgan fingerprint density at radius 3 is 2.22 bits per heavy atom. The van der Waals surface area contributed by atoms with E-state index in [2.05, 4.69) is 5.32 Å². The summed E-state index contributed by atoms with van der Waals surface area (Å²) in [7, 11) is 3.74. The van der Waals surface area contributed by atoms with E-state index in [0.717, 1.165) is 5.69 Å². The van der Waals surface area contributed by atoms with Gasteiger partial charge in [0.15, 0.2) is 5.78 Å². The zero-order valence-corrected chi connectivity index (χ0v) is 17.9. The van der Waals surface area contributed by atoms with Crippen molar-refractivity contribution in [1.29, 1.82) is 0 Å². The molecular formula is C24H26N2O6. The highest BCUT2D eigenvalue weighted by Crippen LogP contribution is 2.37. The molecule has 0 aliphatic carbocycles. The number of Topliss-reactive ketones (excluding diaryl/α,β-unsaturated/α-hetero) is 1. The lowest BCUT2D eigenvalue weighted by Crippen LogP contribution is -2.57. The van der Waals surface area contributed by atoms with Gasteiger partial charge < -0.3 is 25.5 Å². The summed E-state index contributed by atoms with van der Waals surface area (Å²) in [6, 6.07) is 15.4. The summed E-state index contributed by atoms with van der Waals surface area (Å²) in [5, 5.41) is 32.1. The first-order valence-electron chi connectivity index (χ1n) is 10.1. The molecule has 4 N–H and O–H groups in total. The third kappa shape index (κ3) is 4.28. The van der Waals surface area contributed by atoms with Gasteiger partial charge in [0.25, 0.3) is 0 Å². The standard InChI is InChI=1S/C24H26N2O6/c1-26(2)17-10-8-16(9-11-17)20-19(12-18(28)14-27)21(29)24(23(31)32,22(30)25-20)13-15-6-4-3-5-7-15/h3-11,18,27-28H,12-14H2,1-2H3,(H,25,30)(H,31,32). The van der Waals surface area contributed by atoms with E-state index in [-0.39, 0.29) is 24.1 Å². The number of carbonyl (C=O) groups is 3. The number of carboxylic acid groups (broad SMARTS) is 1. The van der Waals surface area contributed by atoms with Gasteiger partial charge in [0.05, 0.1) is 18.4 Å². The van der Waals surface area contributed by atoms with Gasteiger partial charge >= 0.3 is 5.97 Å². The molecule has 1 amide bonds. The lowest BCUT2D eigenvalue weighted by molar-refractivity contribution is -0.159. The number of hydrogen-bond donors (Lipinski definition) is 4. The molecule has 2 atom stereocenters. The molecule has 0 saturated carbocycles. The number of nitrogens with zero attached hydrogens (tertiary/aromatic N) is 1. The van der Waals surface area contributed by atoms with Gasteiger partial charge in [-0.1, -0.05) is 42.5 Å². The van der Waals surface area contributed by atoms with Gasteiger partial charge in [-0.3, -0.25) is 14.4 Å². The molecule has 2 aromatic carbocycles. The maximum atomic E-state index is 13.6. The fourth-order valence-corrected chi connectivity index (χ4v) is 3.77. The van der Waals surface area contributed by atoms with Gasteiger partial charge in [-0.15, -0.1) is 0 Å². The van der Waals surface area contributed by atoms with Gasteiger partial charge in [0.2, 0.25) is 11.3 Å². The van der Waals surface area contributed by atoms with Crippen LogP contribution in [0.4, 0.5) is 5.69 Å². The van der Waals surface area contributed by atoms with Crippen molar-refractivity contribution in [2.75, 3.05) is 25.6 Å². The molecule has 3 rings (SSSR count). The molecule has 8 heteroatoms. The average Bonchev–Trinajstić information content (AvgIpc) is 2.78. The van der Waals surface area contributed by atoms with Gasteiger partial charge in [-0.2, -0.15) is 0 Å². The van der Waals surface area contributed by atoms with Crippen LogP contribution in [0.15, 0.2) is 60.2 Å². The van der Waals surface area contributed by atoms with Crippen molar-refractivity contribution >= 4 is 29.0 Å². The Balaban J connectivity index is 2.15. The van der Waals surface area contributed by atoms with Crippen LogP contribution < -0.4 is 10.2 Å². The van der Waals surface area contributed by atoms with E-state index >= 15 is 0 Å². The highest BCUT2D eigenvalue weighted by atomic mass is 16.4. The predicted octanol–water partition coefficient (Wildman–Crippen LogP) is 1.22. The molecule has 0 saturated heterocycles. The number of carboxylic acids is 1. The van der Waals surface area contributed by atoms with Crippen LogP contribution >= 0.6 is 0 Å². The lowest BCUT2D eigenvalue weighted by atomic mass is 9.70. The maximum Gasteiger partial charge on any atom is 0.327 e. The summed E-state index contributed by atoms with van der Waals surface area (Å²) in [5.74, 6) is -3.40. The minimum absolute atomic E-state index is 0.0397. The molecular weight excluding hydrogens is 412 g/mol. The first-order chi connectivity index (χ1) is 15.2. The second-order valence-electron chi connectivity index (χ2n) is 7.99. The molecule has 2 unspecified atom stereocenters. The lowest BCUT2D eigenvalue weighted by Gasteiger charge is -2.34. The fraction of sp³-hybridized carbons (Fsp3) is 0.292. The maximum absolute atomic E-state index is 13.6. The van der Waals surface area contributed by atoms with E-state index < -0.39 is 35.8 Å². The van der Waals surface area contributed by atoms with Gasteiger partial charge in [-0.05, 0) is 23.3 Å². The summed E-state index contributed by atoms with van der Waals surface area (Å²) in [6.07, 6.45) is -1.92. The van der Waals surface area contributed by atoms with Crippen LogP contribution in [-0.4, -0.2) is 59.8 Å². The second-order valence-corrected chi connectivity index (χ2v) is 7.99. The number of ketones is 1. The molecule has 2 aromatic rings. The van der Waals surface area contributed by atoms with Gasteiger partial charge in [-0.25, -0.2) is 0 Å².